The van der Waals surface area contributed by atoms with Crippen LogP contribution in [0.2, 0.25) is 0 Å². The van der Waals surface area contributed by atoms with E-state index in [1.54, 1.807) is 4.90 Å². The van der Waals surface area contributed by atoms with Gasteiger partial charge in [0, 0.05) is 19.5 Å². The first-order valence-electron chi connectivity index (χ1n) is 8.61. The Morgan fingerprint density at radius 2 is 1.91 bits per heavy atom. The van der Waals surface area contributed by atoms with Crippen molar-refractivity contribution in [2.45, 2.75) is 38.5 Å². The van der Waals surface area contributed by atoms with Crippen LogP contribution in [-0.4, -0.2) is 35.0 Å². The normalized spacial score (nSPS) is 25.3. The molecular formula is C19H25NO3. The van der Waals surface area contributed by atoms with E-state index in [2.05, 4.69) is 19.1 Å². The number of carbonyl (C=O) groups is 2. The number of carboxylic acids is 1. The quantitative estimate of drug-likeness (QED) is 0.877. The maximum atomic E-state index is 12.5. The van der Waals surface area contributed by atoms with Gasteiger partial charge in [-0.2, -0.15) is 0 Å². The fraction of sp³-hybridized carbons (Fsp3) is 0.579. The summed E-state index contributed by atoms with van der Waals surface area (Å²) in [6.45, 7) is 3.18. The second-order valence-corrected chi connectivity index (χ2v) is 7.10. The van der Waals surface area contributed by atoms with E-state index < -0.39 is 5.97 Å². The molecule has 1 aliphatic heterocycles. The third-order valence-electron chi connectivity index (χ3n) is 5.42. The first-order chi connectivity index (χ1) is 11.1. The molecule has 1 aliphatic carbocycles. The highest BCUT2D eigenvalue weighted by Crippen LogP contribution is 2.44. The Bertz CT molecular complexity index is 567. The maximum absolute atomic E-state index is 12.5. The molecule has 0 radical (unpaired) electrons. The fourth-order valence-corrected chi connectivity index (χ4v) is 3.74. The van der Waals surface area contributed by atoms with E-state index in [1.165, 1.54) is 5.56 Å². The Morgan fingerprint density at radius 3 is 2.52 bits per heavy atom. The lowest BCUT2D eigenvalue weighted by Crippen LogP contribution is -2.29. The molecule has 3 rings (SSSR count). The average molecular weight is 315 g/mol. The van der Waals surface area contributed by atoms with Crippen molar-refractivity contribution in [3.63, 3.8) is 0 Å². The Labute approximate surface area is 137 Å². The molecule has 0 bridgehead atoms. The molecular weight excluding hydrogens is 290 g/mol. The summed E-state index contributed by atoms with van der Waals surface area (Å²) in [7, 11) is 0. The molecule has 1 aromatic rings. The van der Waals surface area contributed by atoms with Crippen molar-refractivity contribution >= 4 is 11.9 Å². The highest BCUT2D eigenvalue weighted by Gasteiger charge is 2.46. The molecule has 1 saturated heterocycles. The van der Waals surface area contributed by atoms with E-state index >= 15 is 0 Å². The molecule has 1 heterocycles. The number of aliphatic carboxylic acids is 1. The molecule has 0 spiro atoms. The smallest absolute Gasteiger partial charge is 0.308 e. The number of hydrogen-bond donors (Lipinski definition) is 1. The summed E-state index contributed by atoms with van der Waals surface area (Å²) in [6, 6.07) is 10.2. The van der Waals surface area contributed by atoms with E-state index in [9.17, 15) is 14.7 Å². The molecule has 1 unspecified atom stereocenters. The minimum Gasteiger partial charge on any atom is -0.481 e. The summed E-state index contributed by atoms with van der Waals surface area (Å²) in [4.78, 5) is 25.7. The Kier molecular flexibility index (Phi) is 4.69. The first-order valence-corrected chi connectivity index (χ1v) is 8.61. The van der Waals surface area contributed by atoms with Gasteiger partial charge in [0.15, 0.2) is 0 Å². The molecule has 2 aliphatic rings. The Morgan fingerprint density at radius 1 is 1.22 bits per heavy atom. The lowest BCUT2D eigenvalue weighted by atomic mass is 9.92. The van der Waals surface area contributed by atoms with Gasteiger partial charge in [-0.1, -0.05) is 37.3 Å². The fourth-order valence-electron chi connectivity index (χ4n) is 3.74. The molecule has 1 amide bonds. The maximum Gasteiger partial charge on any atom is 0.308 e. The van der Waals surface area contributed by atoms with Crippen LogP contribution >= 0.6 is 0 Å². The number of likely N-dealkylation sites (tertiary alicyclic amines) is 1. The van der Waals surface area contributed by atoms with Crippen LogP contribution in [0.3, 0.4) is 0 Å². The zero-order valence-electron chi connectivity index (χ0n) is 13.6. The van der Waals surface area contributed by atoms with Crippen molar-refractivity contribution in [2.24, 2.45) is 17.8 Å². The van der Waals surface area contributed by atoms with Gasteiger partial charge in [0.05, 0.1) is 5.92 Å². The molecule has 0 aromatic heterocycles. The molecule has 1 N–H and O–H groups in total. The molecule has 4 heteroatoms. The summed E-state index contributed by atoms with van der Waals surface area (Å²) in [6.07, 6.45) is 3.56. The monoisotopic (exact) mass is 315 g/mol. The van der Waals surface area contributed by atoms with Crippen LogP contribution in [0.4, 0.5) is 0 Å². The largest absolute Gasteiger partial charge is 0.481 e. The summed E-state index contributed by atoms with van der Waals surface area (Å²) >= 11 is 0. The van der Waals surface area contributed by atoms with E-state index in [0.717, 1.165) is 19.3 Å². The second-order valence-electron chi connectivity index (χ2n) is 7.10. The van der Waals surface area contributed by atoms with Crippen LogP contribution in [0, 0.1) is 17.8 Å². The zero-order chi connectivity index (χ0) is 16.4. The lowest BCUT2D eigenvalue weighted by Gasteiger charge is -2.18. The van der Waals surface area contributed by atoms with E-state index in [0.29, 0.717) is 31.3 Å². The van der Waals surface area contributed by atoms with Gasteiger partial charge in [0.25, 0.3) is 0 Å². The molecule has 1 saturated carbocycles. The predicted octanol–water partition coefficient (Wildman–Crippen LogP) is 3.14. The van der Waals surface area contributed by atoms with Crippen molar-refractivity contribution in [2.75, 3.05) is 13.1 Å². The van der Waals surface area contributed by atoms with Gasteiger partial charge in [-0.3, -0.25) is 9.59 Å². The number of rotatable bonds is 6. The van der Waals surface area contributed by atoms with E-state index in [4.69, 9.17) is 0 Å². The number of amides is 1. The zero-order valence-corrected chi connectivity index (χ0v) is 13.6. The summed E-state index contributed by atoms with van der Waals surface area (Å²) < 4.78 is 0. The number of carbonyl (C=O) groups excluding carboxylic acids is 1. The van der Waals surface area contributed by atoms with Gasteiger partial charge in [-0.25, -0.2) is 0 Å². The Hall–Kier alpha value is -1.84. The van der Waals surface area contributed by atoms with Crippen LogP contribution < -0.4 is 0 Å². The molecule has 4 nitrogen and oxygen atoms in total. The van der Waals surface area contributed by atoms with E-state index in [1.807, 2.05) is 18.2 Å². The first kappa shape index (κ1) is 16.0. The van der Waals surface area contributed by atoms with Gasteiger partial charge >= 0.3 is 5.97 Å². The van der Waals surface area contributed by atoms with Crippen molar-refractivity contribution < 1.29 is 14.7 Å². The number of benzene rings is 1. The van der Waals surface area contributed by atoms with Crippen LogP contribution in [-0.2, 0) is 9.59 Å². The topological polar surface area (TPSA) is 57.6 Å². The van der Waals surface area contributed by atoms with Gasteiger partial charge in [-0.05, 0) is 42.6 Å². The third kappa shape index (κ3) is 3.74. The highest BCUT2D eigenvalue weighted by molar-refractivity contribution is 5.79. The highest BCUT2D eigenvalue weighted by atomic mass is 16.4. The van der Waals surface area contributed by atoms with Gasteiger partial charge in [0.2, 0.25) is 5.91 Å². The van der Waals surface area contributed by atoms with Crippen molar-refractivity contribution in [3.8, 4) is 0 Å². The number of nitrogens with zero attached hydrogens (tertiary/aromatic N) is 1. The average Bonchev–Trinajstić information content (AvgIpc) is 3.31. The van der Waals surface area contributed by atoms with Crippen LogP contribution in [0.15, 0.2) is 30.3 Å². The summed E-state index contributed by atoms with van der Waals surface area (Å²) in [5.41, 5.74) is 1.25. The van der Waals surface area contributed by atoms with Crippen molar-refractivity contribution in [3.05, 3.63) is 35.9 Å². The van der Waals surface area contributed by atoms with Gasteiger partial charge < -0.3 is 10.0 Å². The van der Waals surface area contributed by atoms with Gasteiger partial charge in [-0.15, -0.1) is 0 Å². The van der Waals surface area contributed by atoms with Gasteiger partial charge in [0.1, 0.15) is 0 Å². The summed E-state index contributed by atoms with van der Waals surface area (Å²) in [5, 5.41) is 9.39. The minimum absolute atomic E-state index is 0.113. The van der Waals surface area contributed by atoms with Crippen LogP contribution in [0.5, 0.6) is 0 Å². The number of hydrogen-bond acceptors (Lipinski definition) is 2. The minimum atomic E-state index is -0.741. The van der Waals surface area contributed by atoms with E-state index in [-0.39, 0.29) is 17.7 Å². The van der Waals surface area contributed by atoms with Crippen LogP contribution in [0.25, 0.3) is 0 Å². The van der Waals surface area contributed by atoms with Crippen molar-refractivity contribution in [1.82, 2.24) is 4.90 Å². The standard InChI is InChI=1S/C19H25NO3/c1-13(14-5-3-2-4-6-14)7-10-18(21)20-11-16(15-8-9-15)17(12-20)19(22)23/h2-6,13,15-17H,7-12H2,1H3,(H,22,23)/t13?,16-,17+/m1/s1. The molecule has 2 fully saturated rings. The molecule has 23 heavy (non-hydrogen) atoms. The molecule has 124 valence electrons. The SMILES string of the molecule is CC(CCC(=O)N1C[C@H](C(=O)O)[C@@H](C2CC2)C1)c1ccccc1. The predicted molar refractivity (Wildman–Crippen MR) is 88.0 cm³/mol. The molecule has 3 atom stereocenters. The van der Waals surface area contributed by atoms with Crippen molar-refractivity contribution in [1.29, 1.82) is 0 Å². The van der Waals surface area contributed by atoms with Crippen LogP contribution in [0.1, 0.15) is 44.1 Å². The number of carboxylic acid groups (broad SMARTS) is 1. The Balaban J connectivity index is 1.53. The lowest BCUT2D eigenvalue weighted by molar-refractivity contribution is -0.142. The molecule has 1 aromatic carbocycles. The third-order valence-corrected chi connectivity index (χ3v) is 5.42. The summed E-state index contributed by atoms with van der Waals surface area (Å²) in [5.74, 6) is 0.0485. The second kappa shape index (κ2) is 6.73.